The predicted molar refractivity (Wildman–Crippen MR) is 70.4 cm³/mol. The smallest absolute Gasteiger partial charge is 0.416 e. The molecule has 0 amide bonds. The van der Waals surface area contributed by atoms with Gasteiger partial charge in [-0.1, -0.05) is 24.3 Å². The topological polar surface area (TPSA) is 35.2 Å². The van der Waals surface area contributed by atoms with Crippen LogP contribution in [0.15, 0.2) is 42.5 Å². The number of alkyl halides is 3. The molecule has 0 aliphatic rings. The maximum Gasteiger partial charge on any atom is 0.416 e. The fraction of sp³-hybridized carbons (Fsp3) is 0.200. The van der Waals surface area contributed by atoms with Gasteiger partial charge in [-0.25, -0.2) is 4.39 Å². The standard InChI is InChI=1S/C15H13F4NO/c1-21-9-6-7-11(13(16)8-9)14(20)10-4-2-3-5-12(10)15(17,18)19/h2-8,14H,20H2,1H3. The molecule has 0 aromatic heterocycles. The second kappa shape index (κ2) is 5.73. The molecule has 1 atom stereocenters. The van der Waals surface area contributed by atoms with Crippen LogP contribution in [-0.4, -0.2) is 7.11 Å². The van der Waals surface area contributed by atoms with E-state index < -0.39 is 23.6 Å². The molecule has 2 aromatic carbocycles. The highest BCUT2D eigenvalue weighted by molar-refractivity contribution is 5.40. The highest BCUT2D eigenvalue weighted by Gasteiger charge is 2.34. The van der Waals surface area contributed by atoms with Gasteiger partial charge in [0.15, 0.2) is 0 Å². The minimum Gasteiger partial charge on any atom is -0.497 e. The van der Waals surface area contributed by atoms with E-state index in [0.717, 1.165) is 12.1 Å². The Morgan fingerprint density at radius 3 is 2.29 bits per heavy atom. The summed E-state index contributed by atoms with van der Waals surface area (Å²) >= 11 is 0. The lowest BCUT2D eigenvalue weighted by Gasteiger charge is -2.19. The van der Waals surface area contributed by atoms with E-state index >= 15 is 0 Å². The summed E-state index contributed by atoms with van der Waals surface area (Å²) in [7, 11) is 1.37. The molecule has 6 heteroatoms. The number of methoxy groups -OCH3 is 1. The zero-order valence-corrected chi connectivity index (χ0v) is 11.1. The lowest BCUT2D eigenvalue weighted by atomic mass is 9.94. The van der Waals surface area contributed by atoms with Gasteiger partial charge in [0.25, 0.3) is 0 Å². The molecular weight excluding hydrogens is 286 g/mol. The van der Waals surface area contributed by atoms with Crippen molar-refractivity contribution in [1.82, 2.24) is 0 Å². The first kappa shape index (κ1) is 15.3. The van der Waals surface area contributed by atoms with Gasteiger partial charge < -0.3 is 10.5 Å². The molecule has 0 radical (unpaired) electrons. The number of ether oxygens (including phenoxy) is 1. The minimum absolute atomic E-state index is 0.0208. The van der Waals surface area contributed by atoms with Crippen molar-refractivity contribution in [2.45, 2.75) is 12.2 Å². The predicted octanol–water partition coefficient (Wildman–Crippen LogP) is 3.90. The highest BCUT2D eigenvalue weighted by Crippen LogP contribution is 2.36. The third-order valence-electron chi connectivity index (χ3n) is 3.14. The average molecular weight is 299 g/mol. The molecule has 0 bridgehead atoms. The first-order valence-electron chi connectivity index (χ1n) is 6.09. The molecule has 2 aromatic rings. The van der Waals surface area contributed by atoms with Gasteiger partial charge in [-0.05, 0) is 17.7 Å². The largest absolute Gasteiger partial charge is 0.497 e. The Balaban J connectivity index is 2.48. The number of hydrogen-bond acceptors (Lipinski definition) is 2. The molecule has 112 valence electrons. The lowest BCUT2D eigenvalue weighted by Crippen LogP contribution is -2.19. The van der Waals surface area contributed by atoms with Crippen molar-refractivity contribution in [2.24, 2.45) is 5.73 Å². The van der Waals surface area contributed by atoms with Crippen molar-refractivity contribution >= 4 is 0 Å². The lowest BCUT2D eigenvalue weighted by molar-refractivity contribution is -0.138. The summed E-state index contributed by atoms with van der Waals surface area (Å²) in [5, 5.41) is 0. The van der Waals surface area contributed by atoms with Gasteiger partial charge >= 0.3 is 6.18 Å². The van der Waals surface area contributed by atoms with E-state index in [1.54, 1.807) is 0 Å². The molecule has 0 spiro atoms. The summed E-state index contributed by atoms with van der Waals surface area (Å²) < 4.78 is 57.7. The van der Waals surface area contributed by atoms with Crippen molar-refractivity contribution in [2.75, 3.05) is 7.11 Å². The molecule has 21 heavy (non-hydrogen) atoms. The van der Waals surface area contributed by atoms with Gasteiger partial charge in [0.1, 0.15) is 11.6 Å². The zero-order chi connectivity index (χ0) is 15.6. The van der Waals surface area contributed by atoms with Crippen molar-refractivity contribution in [1.29, 1.82) is 0 Å². The van der Waals surface area contributed by atoms with E-state index in [2.05, 4.69) is 0 Å². The van der Waals surface area contributed by atoms with Gasteiger partial charge in [0.05, 0.1) is 18.7 Å². The second-order valence-corrected chi connectivity index (χ2v) is 4.45. The van der Waals surface area contributed by atoms with Crippen LogP contribution in [-0.2, 0) is 6.18 Å². The van der Waals surface area contributed by atoms with E-state index in [1.807, 2.05) is 0 Å². The molecule has 2 nitrogen and oxygen atoms in total. The third kappa shape index (κ3) is 3.16. The molecule has 2 N–H and O–H groups in total. The van der Waals surface area contributed by atoms with Crippen LogP contribution in [0.25, 0.3) is 0 Å². The molecule has 0 fully saturated rings. The Morgan fingerprint density at radius 1 is 1.05 bits per heavy atom. The normalized spacial score (nSPS) is 13.0. The van der Waals surface area contributed by atoms with Crippen molar-refractivity contribution in [3.05, 3.63) is 65.0 Å². The highest BCUT2D eigenvalue weighted by atomic mass is 19.4. The van der Waals surface area contributed by atoms with E-state index in [1.165, 1.54) is 37.4 Å². The van der Waals surface area contributed by atoms with Crippen LogP contribution in [0.3, 0.4) is 0 Å². The molecule has 0 aliphatic heterocycles. The minimum atomic E-state index is -4.54. The SMILES string of the molecule is COc1ccc(C(N)c2ccccc2C(F)(F)F)c(F)c1. The molecule has 0 aliphatic carbocycles. The summed E-state index contributed by atoms with van der Waals surface area (Å²) in [5.41, 5.74) is 4.76. The van der Waals surface area contributed by atoms with Crippen LogP contribution >= 0.6 is 0 Å². The first-order valence-corrected chi connectivity index (χ1v) is 6.09. The number of benzene rings is 2. The van der Waals surface area contributed by atoms with E-state index in [0.29, 0.717) is 0 Å². The molecule has 0 saturated carbocycles. The number of nitrogens with two attached hydrogens (primary N) is 1. The van der Waals surface area contributed by atoms with Gasteiger partial charge in [0.2, 0.25) is 0 Å². The zero-order valence-electron chi connectivity index (χ0n) is 11.1. The van der Waals surface area contributed by atoms with Gasteiger partial charge in [-0.3, -0.25) is 0 Å². The summed E-state index contributed by atoms with van der Waals surface area (Å²) in [4.78, 5) is 0. The molecule has 0 saturated heterocycles. The number of halogens is 4. The van der Waals surface area contributed by atoms with Crippen LogP contribution in [0.4, 0.5) is 17.6 Å². The summed E-state index contributed by atoms with van der Waals surface area (Å²) in [6, 6.07) is 7.53. The summed E-state index contributed by atoms with van der Waals surface area (Å²) in [6.45, 7) is 0. The summed E-state index contributed by atoms with van der Waals surface area (Å²) in [6.07, 6.45) is -4.54. The van der Waals surface area contributed by atoms with E-state index in [-0.39, 0.29) is 16.9 Å². The molecule has 1 unspecified atom stereocenters. The molecule has 2 rings (SSSR count). The molecule has 0 heterocycles. The first-order chi connectivity index (χ1) is 9.84. The number of hydrogen-bond donors (Lipinski definition) is 1. The summed E-state index contributed by atoms with van der Waals surface area (Å²) in [5.74, 6) is -0.439. The Labute approximate surface area is 119 Å². The fourth-order valence-electron chi connectivity index (χ4n) is 2.08. The van der Waals surface area contributed by atoms with E-state index in [9.17, 15) is 17.6 Å². The van der Waals surface area contributed by atoms with Crippen LogP contribution in [0.2, 0.25) is 0 Å². The van der Waals surface area contributed by atoms with E-state index in [4.69, 9.17) is 10.5 Å². The van der Waals surface area contributed by atoms with Gasteiger partial charge in [-0.2, -0.15) is 13.2 Å². The monoisotopic (exact) mass is 299 g/mol. The number of rotatable bonds is 3. The Bertz CT molecular complexity index is 640. The van der Waals surface area contributed by atoms with Gasteiger partial charge in [0, 0.05) is 11.6 Å². The average Bonchev–Trinajstić information content (AvgIpc) is 2.45. The third-order valence-corrected chi connectivity index (χ3v) is 3.14. The Kier molecular flexibility index (Phi) is 4.18. The maximum atomic E-state index is 14.0. The van der Waals surface area contributed by atoms with Crippen molar-refractivity contribution in [3.8, 4) is 5.75 Å². The molecular formula is C15H13F4NO. The van der Waals surface area contributed by atoms with Crippen LogP contribution < -0.4 is 10.5 Å². The second-order valence-electron chi connectivity index (χ2n) is 4.45. The maximum absolute atomic E-state index is 14.0. The fourth-order valence-corrected chi connectivity index (χ4v) is 2.08. The quantitative estimate of drug-likeness (QED) is 0.872. The van der Waals surface area contributed by atoms with Gasteiger partial charge in [-0.15, -0.1) is 0 Å². The van der Waals surface area contributed by atoms with Crippen LogP contribution in [0.1, 0.15) is 22.7 Å². The Hall–Kier alpha value is -2.08. The Morgan fingerprint density at radius 2 is 1.71 bits per heavy atom. The van der Waals surface area contributed by atoms with Crippen molar-refractivity contribution in [3.63, 3.8) is 0 Å². The van der Waals surface area contributed by atoms with Crippen LogP contribution in [0.5, 0.6) is 5.75 Å². The van der Waals surface area contributed by atoms with Crippen molar-refractivity contribution < 1.29 is 22.3 Å². The van der Waals surface area contributed by atoms with Crippen LogP contribution in [0, 0.1) is 5.82 Å².